The summed E-state index contributed by atoms with van der Waals surface area (Å²) >= 11 is 2.55. The van der Waals surface area contributed by atoms with Crippen molar-refractivity contribution in [2.24, 2.45) is 29.6 Å². The van der Waals surface area contributed by atoms with Crippen LogP contribution < -0.4 is 19.7 Å². The number of aromatic amines is 1. The van der Waals surface area contributed by atoms with E-state index in [2.05, 4.69) is 10.3 Å². The highest BCUT2D eigenvalue weighted by molar-refractivity contribution is 8.00. The first-order chi connectivity index (χ1) is 22.4. The monoisotopic (exact) mass is 689 g/mol. The van der Waals surface area contributed by atoms with Gasteiger partial charge in [-0.15, -0.1) is 11.8 Å². The van der Waals surface area contributed by atoms with Crippen molar-refractivity contribution < 1.29 is 46.9 Å². The minimum atomic E-state index is -4.66. The van der Waals surface area contributed by atoms with Crippen LogP contribution >= 0.6 is 23.1 Å². The van der Waals surface area contributed by atoms with Gasteiger partial charge in [0.1, 0.15) is 6.54 Å². The molecule has 3 amide bonds. The molecule has 4 aliphatic rings. The summed E-state index contributed by atoms with van der Waals surface area (Å²) in [6.45, 7) is -1.28. The Morgan fingerprint density at radius 1 is 1.06 bits per heavy atom. The maximum atomic E-state index is 13.4. The lowest BCUT2D eigenvalue weighted by Crippen LogP contribution is -2.42. The van der Waals surface area contributed by atoms with Gasteiger partial charge >= 0.3 is 17.0 Å². The third kappa shape index (κ3) is 5.17. The number of benzene rings is 2. The summed E-state index contributed by atoms with van der Waals surface area (Å²) < 4.78 is 51.3. The maximum Gasteiger partial charge on any atom is 0.418 e. The van der Waals surface area contributed by atoms with Crippen molar-refractivity contribution >= 4 is 52.5 Å². The van der Waals surface area contributed by atoms with E-state index in [1.807, 2.05) is 0 Å². The Labute approximate surface area is 272 Å². The van der Waals surface area contributed by atoms with Gasteiger partial charge in [-0.25, -0.2) is 0 Å². The number of fused-ring (bicyclic) bond motifs is 9. The van der Waals surface area contributed by atoms with Crippen molar-refractivity contribution in [3.8, 4) is 11.5 Å². The molecule has 2 aromatic carbocycles. The largest absolute Gasteiger partial charge is 0.493 e. The Bertz CT molecular complexity index is 1880. The number of hydrogen-bond donors (Lipinski definition) is 3. The summed E-state index contributed by atoms with van der Waals surface area (Å²) in [5.74, 6) is -4.76. The molecule has 7 atom stereocenters. The van der Waals surface area contributed by atoms with Crippen molar-refractivity contribution in [3.05, 3.63) is 68.1 Å². The molecule has 3 aromatic rings. The summed E-state index contributed by atoms with van der Waals surface area (Å²) in [5, 5.41) is 12.1. The predicted octanol–water partition coefficient (Wildman–Crippen LogP) is 4.04. The number of H-pyrrole nitrogens is 1. The smallest absolute Gasteiger partial charge is 0.418 e. The Balaban J connectivity index is 1.16. The number of imide groups is 1. The summed E-state index contributed by atoms with van der Waals surface area (Å²) in [7, 11) is 1.40. The number of anilines is 1. The topological polar surface area (TPSA) is 155 Å². The fourth-order valence-corrected chi connectivity index (χ4v) is 10.8. The molecule has 3 heterocycles. The van der Waals surface area contributed by atoms with Crippen LogP contribution in [0.3, 0.4) is 0 Å². The van der Waals surface area contributed by atoms with Crippen LogP contribution in [0.5, 0.6) is 11.5 Å². The number of thioether (sulfide) groups is 1. The number of rotatable bonds is 8. The summed E-state index contributed by atoms with van der Waals surface area (Å²) in [5.41, 5.74) is -0.646. The molecule has 16 heteroatoms. The van der Waals surface area contributed by atoms with E-state index >= 15 is 0 Å². The van der Waals surface area contributed by atoms with Crippen LogP contribution in [-0.4, -0.2) is 64.2 Å². The summed E-state index contributed by atoms with van der Waals surface area (Å²) in [6, 6.07) is 9.64. The fourth-order valence-electron chi connectivity index (χ4n) is 7.91. The van der Waals surface area contributed by atoms with Gasteiger partial charge in [-0.2, -0.15) is 13.2 Å². The van der Waals surface area contributed by atoms with E-state index in [1.165, 1.54) is 31.0 Å². The predicted molar refractivity (Wildman–Crippen MR) is 161 cm³/mol. The Morgan fingerprint density at radius 2 is 1.79 bits per heavy atom. The number of carbonyl (C=O) groups is 4. The molecule has 2 bridgehead atoms. The number of ether oxygens (including phenoxy) is 2. The van der Waals surface area contributed by atoms with Crippen LogP contribution in [0, 0.1) is 29.6 Å². The van der Waals surface area contributed by atoms with Crippen molar-refractivity contribution in [2.45, 2.75) is 28.8 Å². The third-order valence-electron chi connectivity index (χ3n) is 9.52. The lowest BCUT2D eigenvalue weighted by molar-refractivity contribution is -0.149. The van der Waals surface area contributed by atoms with Crippen LogP contribution in [0.25, 0.3) is 0 Å². The molecule has 1 saturated heterocycles. The molecule has 2 aliphatic carbocycles. The molecule has 3 N–H and O–H groups in total. The number of carbonyl (C=O) groups excluding carboxylic acids is 3. The Morgan fingerprint density at radius 3 is 2.49 bits per heavy atom. The number of alkyl halides is 3. The average molecular weight is 690 g/mol. The fraction of sp³-hybridized carbons (Fsp3) is 0.387. The van der Waals surface area contributed by atoms with Crippen LogP contribution in [0.1, 0.15) is 28.3 Å². The Kier molecular flexibility index (Phi) is 7.62. The van der Waals surface area contributed by atoms with Crippen molar-refractivity contribution in [2.75, 3.05) is 25.6 Å². The minimum absolute atomic E-state index is 0.115. The van der Waals surface area contributed by atoms with Gasteiger partial charge in [0.2, 0.25) is 11.8 Å². The number of nitrogens with zero attached hydrogens (tertiary/aromatic N) is 1. The molecule has 0 spiro atoms. The van der Waals surface area contributed by atoms with E-state index in [9.17, 15) is 42.3 Å². The Hall–Kier alpha value is -4.31. The number of carboxylic acid groups (broad SMARTS) is 1. The molecule has 6 unspecified atom stereocenters. The van der Waals surface area contributed by atoms with E-state index < -0.39 is 66.1 Å². The second kappa shape index (κ2) is 11.4. The zero-order valence-corrected chi connectivity index (χ0v) is 26.0. The molecule has 246 valence electrons. The van der Waals surface area contributed by atoms with Crippen molar-refractivity contribution in [3.63, 3.8) is 0 Å². The summed E-state index contributed by atoms with van der Waals surface area (Å²) in [4.78, 5) is 67.5. The third-order valence-corrected chi connectivity index (χ3v) is 12.1. The number of para-hydroxylation sites is 1. The molecular formula is C31H26F3N3O8S2. The molecule has 47 heavy (non-hydrogen) atoms. The quantitative estimate of drug-likeness (QED) is 0.297. The van der Waals surface area contributed by atoms with Gasteiger partial charge in [0.25, 0.3) is 5.91 Å². The first-order valence-electron chi connectivity index (χ1n) is 14.6. The number of hydrogen-bond acceptors (Lipinski definition) is 9. The van der Waals surface area contributed by atoms with E-state index in [0.29, 0.717) is 11.4 Å². The van der Waals surface area contributed by atoms with E-state index in [1.54, 1.807) is 18.2 Å². The number of thiazole rings is 1. The molecule has 3 fully saturated rings. The van der Waals surface area contributed by atoms with Crippen molar-refractivity contribution in [1.29, 1.82) is 0 Å². The van der Waals surface area contributed by atoms with Gasteiger partial charge in [-0.3, -0.25) is 28.9 Å². The molecule has 2 saturated carbocycles. The molecular weight excluding hydrogens is 663 g/mol. The number of carboxylic acids is 1. The number of aromatic nitrogens is 1. The second-order valence-electron chi connectivity index (χ2n) is 11.9. The van der Waals surface area contributed by atoms with E-state index in [4.69, 9.17) is 9.47 Å². The molecule has 2 aliphatic heterocycles. The second-order valence-corrected chi connectivity index (χ2v) is 14.1. The van der Waals surface area contributed by atoms with E-state index in [0.717, 1.165) is 38.8 Å². The lowest BCUT2D eigenvalue weighted by Gasteiger charge is -2.43. The number of halogens is 3. The maximum absolute atomic E-state index is 13.4. The normalized spacial score (nSPS) is 27.3. The number of likely N-dealkylation sites (tertiary alicyclic amines) is 1. The first kappa shape index (κ1) is 31.3. The minimum Gasteiger partial charge on any atom is -0.493 e. The van der Waals surface area contributed by atoms with Crippen molar-refractivity contribution in [1.82, 2.24) is 9.88 Å². The lowest BCUT2D eigenvalue weighted by atomic mass is 9.68. The van der Waals surface area contributed by atoms with Crippen LogP contribution in [0.15, 0.2) is 52.3 Å². The highest BCUT2D eigenvalue weighted by atomic mass is 32.2. The van der Waals surface area contributed by atoms with Gasteiger partial charge in [0, 0.05) is 16.0 Å². The van der Waals surface area contributed by atoms with Gasteiger partial charge < -0.3 is 24.9 Å². The highest BCUT2D eigenvalue weighted by Crippen LogP contribution is 2.68. The number of amides is 3. The SMILES string of the molecule is COc1cc([C@H]2c3sc(=O)[nH]c3SC3C4CC(C5C(=O)N(CC(=O)O)C(=O)C45)C32)ccc1OCC(=O)Nc1ccccc1C(F)(F)F. The zero-order chi connectivity index (χ0) is 33.4. The average Bonchev–Trinajstić information content (AvgIpc) is 3.75. The molecule has 7 rings (SSSR count). The summed E-state index contributed by atoms with van der Waals surface area (Å²) in [6.07, 6.45) is -4.04. The van der Waals surface area contributed by atoms with E-state index in [-0.39, 0.29) is 45.3 Å². The first-order valence-corrected chi connectivity index (χ1v) is 16.3. The van der Waals surface area contributed by atoms with Crippen LogP contribution in [0.2, 0.25) is 0 Å². The molecule has 11 nitrogen and oxygen atoms in total. The van der Waals surface area contributed by atoms with Crippen LogP contribution in [0.4, 0.5) is 18.9 Å². The van der Waals surface area contributed by atoms with Gasteiger partial charge in [-0.05, 0) is 54.0 Å². The van der Waals surface area contributed by atoms with Gasteiger partial charge in [0.05, 0.1) is 35.2 Å². The molecule has 0 radical (unpaired) electrons. The zero-order valence-electron chi connectivity index (χ0n) is 24.4. The molecule has 1 aromatic heterocycles. The standard InChI is InChI=1S/C31H26F3N3O8S2/c1-44-18-8-12(6-7-17(18)45-11-19(38)35-16-5-3-2-4-15(16)31(32,33)34)21-22-13-9-14(25(22)46-27-26(21)47-30(43)36-27)24-23(13)28(41)37(29(24)42)10-20(39)40/h2-8,13-14,21-25H,9-11H2,1H3,(H,35,38)(H,36,43)(H,39,40)/t13?,14?,21-,22?,23?,24?,25?/m1/s1. The number of aliphatic carboxylic acids is 1. The van der Waals surface area contributed by atoms with Crippen LogP contribution in [-0.2, 0) is 25.4 Å². The highest BCUT2D eigenvalue weighted by Gasteiger charge is 2.69. The van der Waals surface area contributed by atoms with Gasteiger partial charge in [-0.1, -0.05) is 29.5 Å². The van der Waals surface area contributed by atoms with Gasteiger partial charge in [0.15, 0.2) is 18.1 Å². The number of methoxy groups -OCH3 is 1. The number of nitrogens with one attached hydrogen (secondary N) is 2.